The molecule has 1 heterocycles. The van der Waals surface area contributed by atoms with Crippen molar-refractivity contribution in [3.8, 4) is 11.3 Å². The van der Waals surface area contributed by atoms with Gasteiger partial charge in [-0.05, 0) is 48.5 Å². The van der Waals surface area contributed by atoms with Crippen LogP contribution in [0, 0.1) is 0 Å². The van der Waals surface area contributed by atoms with Gasteiger partial charge in [-0.25, -0.2) is 5.43 Å². The molecule has 0 bridgehead atoms. The topological polar surface area (TPSA) is 54.6 Å². The van der Waals surface area contributed by atoms with E-state index in [2.05, 4.69) is 10.5 Å². The molecule has 0 fully saturated rings. The van der Waals surface area contributed by atoms with E-state index in [4.69, 9.17) is 39.2 Å². The van der Waals surface area contributed by atoms with E-state index in [1.165, 1.54) is 6.21 Å². The lowest BCUT2D eigenvalue weighted by Gasteiger charge is -2.02. The summed E-state index contributed by atoms with van der Waals surface area (Å²) in [7, 11) is 0. The molecule has 7 heteroatoms. The molecule has 126 valence electrons. The number of hydrogen-bond acceptors (Lipinski definition) is 3. The van der Waals surface area contributed by atoms with Crippen LogP contribution < -0.4 is 5.43 Å². The van der Waals surface area contributed by atoms with Crippen molar-refractivity contribution in [3.63, 3.8) is 0 Å². The van der Waals surface area contributed by atoms with E-state index in [-0.39, 0.29) is 5.91 Å². The summed E-state index contributed by atoms with van der Waals surface area (Å²) in [5, 5.41) is 5.30. The summed E-state index contributed by atoms with van der Waals surface area (Å²) in [5.74, 6) is 0.665. The van der Waals surface area contributed by atoms with Crippen molar-refractivity contribution < 1.29 is 9.21 Å². The Morgan fingerprint density at radius 3 is 2.52 bits per heavy atom. The number of carbonyl (C=O) groups is 1. The van der Waals surface area contributed by atoms with Crippen LogP contribution in [0.15, 0.2) is 64.1 Å². The highest BCUT2D eigenvalue weighted by atomic mass is 35.5. The summed E-state index contributed by atoms with van der Waals surface area (Å²) >= 11 is 18.0. The van der Waals surface area contributed by atoms with E-state index < -0.39 is 0 Å². The molecule has 1 aromatic heterocycles. The van der Waals surface area contributed by atoms with Gasteiger partial charge < -0.3 is 4.42 Å². The average Bonchev–Trinajstić information content (AvgIpc) is 3.06. The molecule has 0 saturated carbocycles. The number of hydrogen-bond donors (Lipinski definition) is 1. The first-order valence-electron chi connectivity index (χ1n) is 7.18. The third-order valence-electron chi connectivity index (χ3n) is 3.31. The van der Waals surface area contributed by atoms with Crippen molar-refractivity contribution in [2.24, 2.45) is 5.10 Å². The monoisotopic (exact) mass is 392 g/mol. The van der Waals surface area contributed by atoms with E-state index in [0.717, 1.165) is 0 Å². The summed E-state index contributed by atoms with van der Waals surface area (Å²) < 4.78 is 5.65. The molecule has 0 radical (unpaired) electrons. The standard InChI is InChI=1S/C18H11Cl3N2O2/c19-12-6-4-11(5-7-12)18(24)23-22-10-13-8-9-16(25-13)14-2-1-3-15(20)17(14)21/h1-10H,(H,23,24)/b22-10+. The Morgan fingerprint density at radius 2 is 1.76 bits per heavy atom. The molecule has 2 aromatic carbocycles. The molecule has 0 aliphatic rings. The number of nitrogens with zero attached hydrogens (tertiary/aromatic N) is 1. The molecule has 4 nitrogen and oxygen atoms in total. The van der Waals surface area contributed by atoms with Crippen LogP contribution in [0.4, 0.5) is 0 Å². The zero-order valence-corrected chi connectivity index (χ0v) is 14.9. The van der Waals surface area contributed by atoms with Crippen LogP contribution in [-0.4, -0.2) is 12.1 Å². The van der Waals surface area contributed by atoms with Crippen molar-refractivity contribution >= 4 is 46.9 Å². The number of carbonyl (C=O) groups excluding carboxylic acids is 1. The van der Waals surface area contributed by atoms with E-state index in [9.17, 15) is 4.79 Å². The van der Waals surface area contributed by atoms with Gasteiger partial charge in [0.05, 0.1) is 16.3 Å². The Hall–Kier alpha value is -2.27. The summed E-state index contributed by atoms with van der Waals surface area (Å²) in [6.07, 6.45) is 1.40. The first kappa shape index (κ1) is 17.5. The average molecular weight is 394 g/mol. The van der Waals surface area contributed by atoms with Crippen LogP contribution >= 0.6 is 34.8 Å². The minimum absolute atomic E-state index is 0.349. The molecule has 1 amide bonds. The number of rotatable bonds is 4. The van der Waals surface area contributed by atoms with Crippen molar-refractivity contribution in [2.45, 2.75) is 0 Å². The first-order valence-corrected chi connectivity index (χ1v) is 8.31. The van der Waals surface area contributed by atoms with Gasteiger partial charge in [0.25, 0.3) is 5.91 Å². The Labute approximate surface area is 159 Å². The zero-order chi connectivity index (χ0) is 17.8. The number of amides is 1. The lowest BCUT2D eigenvalue weighted by molar-refractivity contribution is 0.0955. The van der Waals surface area contributed by atoms with Crippen molar-refractivity contribution in [3.05, 3.63) is 81.0 Å². The smallest absolute Gasteiger partial charge is 0.271 e. The van der Waals surface area contributed by atoms with Crippen LogP contribution in [-0.2, 0) is 0 Å². The van der Waals surface area contributed by atoms with Gasteiger partial charge in [-0.1, -0.05) is 40.9 Å². The Morgan fingerprint density at radius 1 is 1.00 bits per heavy atom. The highest BCUT2D eigenvalue weighted by Gasteiger charge is 2.10. The second-order valence-corrected chi connectivity index (χ2v) is 6.23. The number of nitrogens with one attached hydrogen (secondary N) is 1. The third kappa shape index (κ3) is 4.23. The number of hydrazone groups is 1. The van der Waals surface area contributed by atoms with Gasteiger partial charge >= 0.3 is 0 Å². The number of benzene rings is 2. The maximum absolute atomic E-state index is 11.9. The Bertz CT molecular complexity index is 934. The van der Waals surface area contributed by atoms with E-state index >= 15 is 0 Å². The Balaban J connectivity index is 1.69. The predicted molar refractivity (Wildman–Crippen MR) is 101 cm³/mol. The van der Waals surface area contributed by atoms with Gasteiger partial charge in [0.1, 0.15) is 11.5 Å². The van der Waals surface area contributed by atoms with Crippen LogP contribution in [0.5, 0.6) is 0 Å². The van der Waals surface area contributed by atoms with Crippen LogP contribution in [0.3, 0.4) is 0 Å². The summed E-state index contributed by atoms with van der Waals surface area (Å²) in [5.41, 5.74) is 3.55. The molecule has 3 aromatic rings. The molecule has 0 unspecified atom stereocenters. The summed E-state index contributed by atoms with van der Waals surface area (Å²) in [4.78, 5) is 11.9. The minimum Gasteiger partial charge on any atom is -0.455 e. The maximum Gasteiger partial charge on any atom is 0.271 e. The van der Waals surface area contributed by atoms with Gasteiger partial charge in [-0.2, -0.15) is 5.10 Å². The van der Waals surface area contributed by atoms with Crippen LogP contribution in [0.1, 0.15) is 16.1 Å². The molecule has 0 aliphatic heterocycles. The van der Waals surface area contributed by atoms with Gasteiger partial charge in [-0.3, -0.25) is 4.79 Å². The van der Waals surface area contributed by atoms with E-state index in [0.29, 0.717) is 37.7 Å². The fourth-order valence-corrected chi connectivity index (χ4v) is 2.60. The molecule has 0 saturated heterocycles. The highest BCUT2D eigenvalue weighted by Crippen LogP contribution is 2.34. The van der Waals surface area contributed by atoms with Crippen molar-refractivity contribution in [1.29, 1.82) is 0 Å². The lowest BCUT2D eigenvalue weighted by Crippen LogP contribution is -2.17. The molecule has 0 spiro atoms. The third-order valence-corrected chi connectivity index (χ3v) is 4.38. The molecule has 25 heavy (non-hydrogen) atoms. The Kier molecular flexibility index (Phi) is 5.43. The fourth-order valence-electron chi connectivity index (χ4n) is 2.08. The van der Waals surface area contributed by atoms with Crippen LogP contribution in [0.2, 0.25) is 15.1 Å². The van der Waals surface area contributed by atoms with Crippen LogP contribution in [0.25, 0.3) is 11.3 Å². The normalized spacial score (nSPS) is 11.0. The minimum atomic E-state index is -0.349. The SMILES string of the molecule is O=C(N/N=C/c1ccc(-c2cccc(Cl)c2Cl)o1)c1ccc(Cl)cc1. The van der Waals surface area contributed by atoms with Gasteiger partial charge in [0.2, 0.25) is 0 Å². The fraction of sp³-hybridized carbons (Fsp3) is 0. The first-order chi connectivity index (χ1) is 12.0. The second kappa shape index (κ2) is 7.74. The van der Waals surface area contributed by atoms with Gasteiger partial charge in [-0.15, -0.1) is 0 Å². The van der Waals surface area contributed by atoms with Crippen molar-refractivity contribution in [1.82, 2.24) is 5.43 Å². The predicted octanol–water partition coefficient (Wildman–Crippen LogP) is 5.67. The molecule has 3 rings (SSSR count). The molecule has 0 atom stereocenters. The maximum atomic E-state index is 11.9. The molecule has 1 N–H and O–H groups in total. The van der Waals surface area contributed by atoms with E-state index in [1.807, 2.05) is 0 Å². The largest absolute Gasteiger partial charge is 0.455 e. The highest BCUT2D eigenvalue weighted by molar-refractivity contribution is 6.43. The summed E-state index contributed by atoms with van der Waals surface area (Å²) in [6, 6.07) is 15.2. The van der Waals surface area contributed by atoms with Gasteiger partial charge in [0.15, 0.2) is 0 Å². The lowest BCUT2D eigenvalue weighted by atomic mass is 10.2. The summed E-state index contributed by atoms with van der Waals surface area (Å²) in [6.45, 7) is 0. The number of furan rings is 1. The number of halogens is 3. The molecular formula is C18H11Cl3N2O2. The van der Waals surface area contributed by atoms with Gasteiger partial charge in [0, 0.05) is 16.1 Å². The zero-order valence-electron chi connectivity index (χ0n) is 12.7. The van der Waals surface area contributed by atoms with Crippen molar-refractivity contribution in [2.75, 3.05) is 0 Å². The second-order valence-electron chi connectivity index (χ2n) is 5.01. The molecular weight excluding hydrogens is 383 g/mol. The quantitative estimate of drug-likeness (QED) is 0.458. The molecule has 0 aliphatic carbocycles. The van der Waals surface area contributed by atoms with E-state index in [1.54, 1.807) is 54.6 Å².